The van der Waals surface area contributed by atoms with Crippen LogP contribution in [-0.2, 0) is 15.0 Å². The molecule has 1 aliphatic heterocycles. The summed E-state index contributed by atoms with van der Waals surface area (Å²) >= 11 is 12.4. The first-order valence-corrected chi connectivity index (χ1v) is 13.0. The number of imide groups is 1. The third kappa shape index (κ3) is 4.13. The third-order valence-electron chi connectivity index (χ3n) is 7.52. The second-order valence-corrected chi connectivity index (χ2v) is 10.2. The van der Waals surface area contributed by atoms with Crippen molar-refractivity contribution < 1.29 is 24.2 Å². The van der Waals surface area contributed by atoms with Gasteiger partial charge >= 0.3 is 0 Å². The largest absolute Gasteiger partial charge is 0.508 e. The van der Waals surface area contributed by atoms with Gasteiger partial charge in [-0.05, 0) is 60.0 Å². The lowest BCUT2D eigenvalue weighted by Gasteiger charge is -2.43. The molecule has 1 saturated heterocycles. The van der Waals surface area contributed by atoms with Gasteiger partial charge in [0.05, 0.1) is 36.3 Å². The highest BCUT2D eigenvalue weighted by Gasteiger charge is 2.66. The van der Waals surface area contributed by atoms with Gasteiger partial charge in [0.2, 0.25) is 0 Å². The van der Waals surface area contributed by atoms with Crippen molar-refractivity contribution in [1.29, 1.82) is 0 Å². The number of rotatable bonds is 7. The molecule has 1 heterocycles. The van der Waals surface area contributed by atoms with Gasteiger partial charge in [-0.2, -0.15) is 5.01 Å². The van der Waals surface area contributed by atoms with Crippen molar-refractivity contribution in [2.75, 3.05) is 19.6 Å². The van der Waals surface area contributed by atoms with Crippen molar-refractivity contribution >= 4 is 40.7 Å². The first-order valence-electron chi connectivity index (χ1n) is 12.2. The van der Waals surface area contributed by atoms with E-state index in [-0.39, 0.29) is 17.2 Å². The fourth-order valence-electron chi connectivity index (χ4n) is 5.79. The van der Waals surface area contributed by atoms with E-state index in [1.807, 2.05) is 6.08 Å². The summed E-state index contributed by atoms with van der Waals surface area (Å²) in [4.78, 5) is 28.8. The Kier molecular flexibility index (Phi) is 7.05. The third-order valence-corrected chi connectivity index (χ3v) is 8.07. The van der Waals surface area contributed by atoms with Gasteiger partial charge in [0.15, 0.2) is 0 Å². The quantitative estimate of drug-likeness (QED) is 0.329. The van der Waals surface area contributed by atoms with Gasteiger partial charge in [-0.1, -0.05) is 60.1 Å². The minimum absolute atomic E-state index is 0.0620. The molecule has 9 heteroatoms. The maximum atomic E-state index is 14.7. The van der Waals surface area contributed by atoms with Crippen molar-refractivity contribution in [3.05, 3.63) is 106 Å². The van der Waals surface area contributed by atoms with Crippen LogP contribution in [0.4, 0.5) is 5.69 Å². The van der Waals surface area contributed by atoms with E-state index in [0.717, 1.165) is 5.01 Å². The second-order valence-electron chi connectivity index (χ2n) is 9.33. The highest BCUT2D eigenvalue weighted by molar-refractivity contribution is 6.36. The fourth-order valence-corrected chi connectivity index (χ4v) is 6.24. The second kappa shape index (κ2) is 10.3. The average Bonchev–Trinajstić information content (AvgIpc) is 3.16. The summed E-state index contributed by atoms with van der Waals surface area (Å²) in [6, 6.07) is 16.7. The summed E-state index contributed by atoms with van der Waals surface area (Å²) in [6.45, 7) is 4.00. The molecule has 2 amide bonds. The van der Waals surface area contributed by atoms with E-state index in [1.54, 1.807) is 61.7 Å². The maximum absolute atomic E-state index is 14.7. The number of fused-ring (bicyclic) bond motifs is 1. The molecule has 39 heavy (non-hydrogen) atoms. The van der Waals surface area contributed by atoms with Gasteiger partial charge in [0, 0.05) is 16.5 Å². The number of nitrogens with zero attached hydrogens (tertiary/aromatic N) is 1. The molecule has 2 N–H and O–H groups in total. The molecule has 2 aliphatic rings. The SMILES string of the molecule is C=CC1=CC[C@H]2C(=O)N(Nc3ccc(Cl)cc3Cl)C(=O)[C@@]2(c2ccc(OC)cc2)[C@H]1c1c(O)cccc1OC. The summed E-state index contributed by atoms with van der Waals surface area (Å²) in [5.41, 5.74) is 3.48. The number of carbonyl (C=O) groups is 2. The topological polar surface area (TPSA) is 88.1 Å². The van der Waals surface area contributed by atoms with E-state index >= 15 is 0 Å². The Bertz CT molecular complexity index is 1500. The normalized spacial score (nSPS) is 22.3. The Morgan fingerprint density at radius 1 is 1.08 bits per heavy atom. The van der Waals surface area contributed by atoms with Gasteiger partial charge in [-0.25, -0.2) is 0 Å². The number of hydrogen-bond acceptors (Lipinski definition) is 6. The lowest BCUT2D eigenvalue weighted by atomic mass is 9.55. The molecule has 7 nitrogen and oxygen atoms in total. The minimum atomic E-state index is -1.46. The standard InChI is InChI=1S/C30H26Cl2N2O5/c1-4-17-8-14-21-28(36)34(33-23-15-11-19(31)16-22(23)32)29(37)30(21,18-9-12-20(38-2)13-10-18)27(17)26-24(35)6-5-7-25(26)39-3/h4-13,15-16,21,27,33,35H,1,14H2,2-3H3/t21-,27+,30+/m0/s1. The molecule has 0 saturated carbocycles. The van der Waals surface area contributed by atoms with Crippen molar-refractivity contribution in [3.8, 4) is 17.2 Å². The molecule has 1 fully saturated rings. The maximum Gasteiger partial charge on any atom is 0.260 e. The zero-order valence-electron chi connectivity index (χ0n) is 21.3. The summed E-state index contributed by atoms with van der Waals surface area (Å²) < 4.78 is 11.0. The van der Waals surface area contributed by atoms with Crippen LogP contribution in [0.5, 0.6) is 17.2 Å². The van der Waals surface area contributed by atoms with E-state index in [4.69, 9.17) is 32.7 Å². The Balaban J connectivity index is 1.78. The number of benzene rings is 3. The van der Waals surface area contributed by atoms with Crippen LogP contribution in [0.25, 0.3) is 0 Å². The Hall–Kier alpha value is -3.94. The molecular formula is C30H26Cl2N2O5. The number of nitrogens with one attached hydrogen (secondary N) is 1. The van der Waals surface area contributed by atoms with E-state index in [0.29, 0.717) is 38.9 Å². The fraction of sp³-hybridized carbons (Fsp3) is 0.200. The van der Waals surface area contributed by atoms with Gasteiger partial charge in [0.1, 0.15) is 17.2 Å². The summed E-state index contributed by atoms with van der Waals surface area (Å²) in [7, 11) is 3.05. The van der Waals surface area contributed by atoms with Crippen LogP contribution in [0.3, 0.4) is 0 Å². The lowest BCUT2D eigenvalue weighted by Crippen LogP contribution is -2.48. The van der Waals surface area contributed by atoms with Crippen molar-refractivity contribution in [2.45, 2.75) is 17.8 Å². The number of phenolic OH excluding ortho intramolecular Hbond substituents is 1. The van der Waals surface area contributed by atoms with E-state index in [1.165, 1.54) is 19.2 Å². The van der Waals surface area contributed by atoms with Gasteiger partial charge < -0.3 is 14.6 Å². The first-order chi connectivity index (χ1) is 18.8. The number of hydrogen-bond donors (Lipinski definition) is 2. The van der Waals surface area contributed by atoms with Crippen molar-refractivity contribution in [2.24, 2.45) is 5.92 Å². The van der Waals surface area contributed by atoms with Gasteiger partial charge in [-0.3, -0.25) is 15.0 Å². The molecule has 0 radical (unpaired) electrons. The van der Waals surface area contributed by atoms with Crippen LogP contribution in [0.1, 0.15) is 23.5 Å². The number of methoxy groups -OCH3 is 2. The number of hydrazine groups is 1. The molecule has 0 aromatic heterocycles. The molecule has 1 aliphatic carbocycles. The van der Waals surface area contributed by atoms with Crippen LogP contribution < -0.4 is 14.9 Å². The molecule has 0 spiro atoms. The number of phenols is 1. The number of carbonyl (C=O) groups excluding carboxylic acids is 2. The number of allylic oxidation sites excluding steroid dienone is 3. The Labute approximate surface area is 236 Å². The van der Waals surface area contributed by atoms with E-state index in [9.17, 15) is 14.7 Å². The Morgan fingerprint density at radius 2 is 1.82 bits per heavy atom. The highest BCUT2D eigenvalue weighted by atomic mass is 35.5. The molecule has 0 unspecified atom stereocenters. The molecule has 3 aromatic carbocycles. The van der Waals surface area contributed by atoms with Crippen LogP contribution in [0.15, 0.2) is 85.0 Å². The summed E-state index contributed by atoms with van der Waals surface area (Å²) in [6.07, 6.45) is 3.82. The zero-order chi connectivity index (χ0) is 27.9. The molecule has 200 valence electrons. The molecule has 0 bridgehead atoms. The zero-order valence-corrected chi connectivity index (χ0v) is 22.8. The first kappa shape index (κ1) is 26.7. The number of ether oxygens (including phenoxy) is 2. The van der Waals surface area contributed by atoms with Crippen LogP contribution in [0.2, 0.25) is 10.0 Å². The lowest BCUT2D eigenvalue weighted by molar-refractivity contribution is -0.138. The van der Waals surface area contributed by atoms with Crippen LogP contribution >= 0.6 is 23.2 Å². The number of anilines is 1. The molecule has 5 rings (SSSR count). The Morgan fingerprint density at radius 3 is 2.46 bits per heavy atom. The highest BCUT2D eigenvalue weighted by Crippen LogP contribution is 2.60. The number of amides is 2. The van der Waals surface area contributed by atoms with E-state index in [2.05, 4.69) is 12.0 Å². The van der Waals surface area contributed by atoms with Crippen molar-refractivity contribution in [3.63, 3.8) is 0 Å². The van der Waals surface area contributed by atoms with Crippen LogP contribution in [-0.4, -0.2) is 36.1 Å². The van der Waals surface area contributed by atoms with E-state index < -0.39 is 29.1 Å². The molecular weight excluding hydrogens is 539 g/mol. The molecule has 3 atom stereocenters. The smallest absolute Gasteiger partial charge is 0.260 e. The van der Waals surface area contributed by atoms with Crippen molar-refractivity contribution in [1.82, 2.24) is 5.01 Å². The molecule has 3 aromatic rings. The van der Waals surface area contributed by atoms with Gasteiger partial charge in [-0.15, -0.1) is 0 Å². The van der Waals surface area contributed by atoms with Gasteiger partial charge in [0.25, 0.3) is 11.8 Å². The average molecular weight is 565 g/mol. The minimum Gasteiger partial charge on any atom is -0.508 e. The number of aromatic hydroxyl groups is 1. The van der Waals surface area contributed by atoms with Crippen LogP contribution in [0, 0.1) is 5.92 Å². The predicted molar refractivity (Wildman–Crippen MR) is 150 cm³/mol. The number of halogens is 2. The predicted octanol–water partition coefficient (Wildman–Crippen LogP) is 6.27. The summed E-state index contributed by atoms with van der Waals surface area (Å²) in [5.74, 6) is -1.63. The monoisotopic (exact) mass is 564 g/mol. The summed E-state index contributed by atoms with van der Waals surface area (Å²) in [5, 5.41) is 12.8.